The van der Waals surface area contributed by atoms with Gasteiger partial charge in [0.25, 0.3) is 0 Å². The van der Waals surface area contributed by atoms with Gasteiger partial charge in [-0.15, -0.1) is 0 Å². The molecule has 20 heavy (non-hydrogen) atoms. The summed E-state index contributed by atoms with van der Waals surface area (Å²) >= 11 is 0. The second-order valence-corrected chi connectivity index (χ2v) is 6.60. The quantitative estimate of drug-likeness (QED) is 0.263. The Kier molecular flexibility index (Phi) is 14.8. The number of amides is 1. The van der Waals surface area contributed by atoms with E-state index in [0.29, 0.717) is 17.9 Å². The summed E-state index contributed by atoms with van der Waals surface area (Å²) in [7, 11) is -2.35. The molecule has 0 aromatic heterocycles. The van der Waals surface area contributed by atoms with Crippen molar-refractivity contribution in [3.63, 3.8) is 0 Å². The van der Waals surface area contributed by atoms with Crippen molar-refractivity contribution in [2.45, 2.75) is 65.2 Å². The van der Waals surface area contributed by atoms with Crippen molar-refractivity contribution >= 4 is 13.5 Å². The molecular weight excluding hydrogens is 281 g/mol. The average molecular weight is 311 g/mol. The lowest BCUT2D eigenvalue weighted by molar-refractivity contribution is -0.159. The van der Waals surface area contributed by atoms with Crippen LogP contribution in [0.3, 0.4) is 0 Å². The molecule has 0 aliphatic carbocycles. The Bertz CT molecular complexity index is 278. The average Bonchev–Trinajstić information content (AvgIpc) is 2.34. The van der Waals surface area contributed by atoms with E-state index in [4.69, 9.17) is 15.0 Å². The third kappa shape index (κ3) is 19.9. The molecular formula is C13H30NO5P. The Balaban J connectivity index is 0. The van der Waals surface area contributed by atoms with Crippen LogP contribution < -0.4 is 0 Å². The number of hydroxylamine groups is 2. The van der Waals surface area contributed by atoms with Gasteiger partial charge in [-0.3, -0.25) is 14.6 Å². The van der Waals surface area contributed by atoms with Crippen LogP contribution in [0.15, 0.2) is 0 Å². The zero-order valence-corrected chi connectivity index (χ0v) is 13.8. The van der Waals surface area contributed by atoms with Gasteiger partial charge in [0.2, 0.25) is 5.91 Å². The number of hydrogen-bond acceptors (Lipinski definition) is 3. The van der Waals surface area contributed by atoms with Crippen LogP contribution in [-0.2, 0) is 9.36 Å². The Hall–Kier alpha value is -0.420. The Morgan fingerprint density at radius 2 is 1.50 bits per heavy atom. The summed E-state index contributed by atoms with van der Waals surface area (Å²) in [6, 6.07) is 0. The molecule has 3 N–H and O–H groups in total. The maximum Gasteiger partial charge on any atom is 0.325 e. The van der Waals surface area contributed by atoms with Gasteiger partial charge in [-0.05, 0) is 12.8 Å². The summed E-state index contributed by atoms with van der Waals surface area (Å²) in [6.07, 6.45) is 7.29. The summed E-state index contributed by atoms with van der Waals surface area (Å²) in [5.74, 6) is -0.201. The number of nitrogens with zero attached hydrogens (tertiary/aromatic N) is 1. The molecule has 0 unspecified atom stereocenters. The van der Waals surface area contributed by atoms with Crippen molar-refractivity contribution in [3.05, 3.63) is 0 Å². The van der Waals surface area contributed by atoms with Gasteiger partial charge in [0, 0.05) is 19.6 Å². The van der Waals surface area contributed by atoms with Gasteiger partial charge >= 0.3 is 7.60 Å². The summed E-state index contributed by atoms with van der Waals surface area (Å²) in [5.41, 5.74) is 0. The lowest BCUT2D eigenvalue weighted by atomic mass is 10.2. The van der Waals surface area contributed by atoms with Crippen molar-refractivity contribution in [2.24, 2.45) is 0 Å². The van der Waals surface area contributed by atoms with Gasteiger partial charge in [-0.1, -0.05) is 46.0 Å². The number of carbonyl (C=O) groups excluding carboxylic acids is 1. The van der Waals surface area contributed by atoms with Crippen LogP contribution in [0.1, 0.15) is 65.2 Å². The lowest BCUT2D eigenvalue weighted by Gasteiger charge is -2.06. The maximum absolute atomic E-state index is 10.7. The fraction of sp³-hybridized carbons (Fsp3) is 0.923. The molecule has 0 spiro atoms. The van der Waals surface area contributed by atoms with Gasteiger partial charge in [-0.2, -0.15) is 0 Å². The highest BCUT2D eigenvalue weighted by molar-refractivity contribution is 7.51. The van der Waals surface area contributed by atoms with Crippen molar-refractivity contribution in [1.29, 1.82) is 0 Å². The highest BCUT2D eigenvalue weighted by Crippen LogP contribution is 2.35. The minimum absolute atomic E-state index is 0.0486. The molecule has 1 amide bonds. The summed E-state index contributed by atoms with van der Waals surface area (Å²) in [4.78, 5) is 27.5. The van der Waals surface area contributed by atoms with Crippen molar-refractivity contribution in [1.82, 2.24) is 5.06 Å². The van der Waals surface area contributed by atoms with Gasteiger partial charge in [-0.25, -0.2) is 5.06 Å². The molecule has 0 heterocycles. The van der Waals surface area contributed by atoms with Crippen molar-refractivity contribution in [2.75, 3.05) is 13.2 Å². The number of carbonyl (C=O) groups is 1. The Morgan fingerprint density at radius 1 is 1.00 bits per heavy atom. The fourth-order valence-electron chi connectivity index (χ4n) is 1.43. The van der Waals surface area contributed by atoms with E-state index in [0.717, 1.165) is 38.5 Å². The van der Waals surface area contributed by atoms with E-state index in [1.54, 1.807) is 0 Å². The van der Waals surface area contributed by atoms with Gasteiger partial charge in [0.05, 0.1) is 0 Å². The summed E-state index contributed by atoms with van der Waals surface area (Å²) in [6.45, 7) is 4.14. The van der Waals surface area contributed by atoms with E-state index >= 15 is 0 Å². The van der Waals surface area contributed by atoms with Gasteiger partial charge < -0.3 is 9.79 Å². The topological polar surface area (TPSA) is 98.1 Å². The SMILES string of the molecule is CCCCCC(=O)N(C)O.CCCCCCP(=O)(O)O. The molecule has 7 heteroatoms. The van der Waals surface area contributed by atoms with Crippen LogP contribution in [0.2, 0.25) is 0 Å². The Morgan fingerprint density at radius 3 is 1.90 bits per heavy atom. The minimum Gasteiger partial charge on any atom is -0.324 e. The van der Waals surface area contributed by atoms with Crippen molar-refractivity contribution < 1.29 is 24.4 Å². The first-order valence-electron chi connectivity index (χ1n) is 7.24. The second-order valence-electron chi connectivity index (χ2n) is 4.82. The molecule has 0 aromatic carbocycles. The molecule has 0 saturated carbocycles. The zero-order chi connectivity index (χ0) is 16.0. The molecule has 0 atom stereocenters. The highest BCUT2D eigenvalue weighted by atomic mass is 31.2. The van der Waals surface area contributed by atoms with E-state index in [-0.39, 0.29) is 12.1 Å². The van der Waals surface area contributed by atoms with E-state index in [2.05, 4.69) is 13.8 Å². The molecule has 0 radical (unpaired) electrons. The summed E-state index contributed by atoms with van der Waals surface area (Å²) < 4.78 is 10.3. The zero-order valence-electron chi connectivity index (χ0n) is 12.9. The van der Waals surface area contributed by atoms with E-state index < -0.39 is 7.60 Å². The third-order valence-electron chi connectivity index (χ3n) is 2.66. The van der Waals surface area contributed by atoms with Crippen LogP contribution >= 0.6 is 7.60 Å². The maximum atomic E-state index is 10.7. The first kappa shape index (κ1) is 21.9. The Labute approximate surface area is 122 Å². The van der Waals surface area contributed by atoms with E-state index in [9.17, 15) is 9.36 Å². The molecule has 0 saturated heterocycles. The summed E-state index contributed by atoms with van der Waals surface area (Å²) in [5, 5.41) is 9.25. The van der Waals surface area contributed by atoms with Crippen molar-refractivity contribution in [3.8, 4) is 0 Å². The lowest BCUT2D eigenvalue weighted by Crippen LogP contribution is -2.21. The van der Waals surface area contributed by atoms with Crippen LogP contribution in [0.5, 0.6) is 0 Å². The van der Waals surface area contributed by atoms with Crippen LogP contribution in [-0.4, -0.2) is 39.2 Å². The fourth-order valence-corrected chi connectivity index (χ4v) is 2.07. The number of unbranched alkanes of at least 4 members (excludes halogenated alkanes) is 5. The molecule has 0 aromatic rings. The molecule has 0 aliphatic heterocycles. The van der Waals surface area contributed by atoms with Gasteiger partial charge in [0.15, 0.2) is 0 Å². The first-order valence-corrected chi connectivity index (χ1v) is 9.04. The predicted molar refractivity (Wildman–Crippen MR) is 79.8 cm³/mol. The first-order chi connectivity index (χ1) is 9.24. The second kappa shape index (κ2) is 13.6. The molecule has 0 aliphatic rings. The third-order valence-corrected chi connectivity index (χ3v) is 3.56. The number of rotatable bonds is 9. The van der Waals surface area contributed by atoms with Gasteiger partial charge in [0.1, 0.15) is 0 Å². The molecule has 0 bridgehead atoms. The monoisotopic (exact) mass is 311 g/mol. The number of hydrogen-bond donors (Lipinski definition) is 3. The molecule has 122 valence electrons. The van der Waals surface area contributed by atoms with E-state index in [1.807, 2.05) is 0 Å². The predicted octanol–water partition coefficient (Wildman–Crippen LogP) is 3.16. The minimum atomic E-state index is -3.71. The largest absolute Gasteiger partial charge is 0.325 e. The van der Waals surface area contributed by atoms with Crippen LogP contribution in [0.4, 0.5) is 0 Å². The molecule has 0 fully saturated rings. The van der Waals surface area contributed by atoms with Crippen LogP contribution in [0, 0.1) is 0 Å². The van der Waals surface area contributed by atoms with Crippen LogP contribution in [0.25, 0.3) is 0 Å². The molecule has 6 nitrogen and oxygen atoms in total. The smallest absolute Gasteiger partial charge is 0.324 e. The highest BCUT2D eigenvalue weighted by Gasteiger charge is 2.10. The molecule has 0 rings (SSSR count). The normalized spacial score (nSPS) is 10.7. The van der Waals surface area contributed by atoms with E-state index in [1.165, 1.54) is 7.05 Å². The standard InChI is InChI=1S/C7H15NO2.C6H15O3P/c1-3-4-5-6-7(9)8(2)10;1-2-3-4-5-6-10(7,8)9/h10H,3-6H2,1-2H3;2-6H2,1H3,(H2,7,8,9).